The predicted molar refractivity (Wildman–Crippen MR) is 105 cm³/mol. The molecule has 1 amide bonds. The molecule has 1 N–H and O–H groups in total. The van der Waals surface area contributed by atoms with Gasteiger partial charge in [-0.05, 0) is 37.0 Å². The van der Waals surface area contributed by atoms with Crippen LogP contribution in [0, 0.1) is 5.92 Å². The average Bonchev–Trinajstić information content (AvgIpc) is 3.37. The summed E-state index contributed by atoms with van der Waals surface area (Å²) in [7, 11) is 0. The molecule has 1 aliphatic rings. The second kappa shape index (κ2) is 8.25. The first-order valence-electron chi connectivity index (χ1n) is 9.36. The number of nitrogens with zero attached hydrogens (tertiary/aromatic N) is 3. The molecular weight excluding hydrogens is 344 g/mol. The van der Waals surface area contributed by atoms with Crippen LogP contribution in [0.1, 0.15) is 44.5 Å². The van der Waals surface area contributed by atoms with Crippen LogP contribution in [0.5, 0.6) is 0 Å². The standard InChI is InChI=1S/C20H28N4OS/c1-15(2)14-24-17(22-23-19(24)26-3)10-7-13-21-18(25)20(11-12-20)16-8-5-4-6-9-16/h4-6,8-9,15H,7,10-14H2,1-3H3,(H,21,25). The molecule has 1 aliphatic carbocycles. The van der Waals surface area contributed by atoms with Gasteiger partial charge in [-0.2, -0.15) is 0 Å². The zero-order valence-corrected chi connectivity index (χ0v) is 16.7. The number of carbonyl (C=O) groups excluding carboxylic acids is 1. The first-order valence-corrected chi connectivity index (χ1v) is 10.6. The summed E-state index contributed by atoms with van der Waals surface area (Å²) in [4.78, 5) is 12.7. The Labute approximate surface area is 160 Å². The van der Waals surface area contributed by atoms with Gasteiger partial charge in [0, 0.05) is 19.5 Å². The third kappa shape index (κ3) is 4.11. The van der Waals surface area contributed by atoms with Crippen LogP contribution in [0.2, 0.25) is 0 Å². The monoisotopic (exact) mass is 372 g/mol. The van der Waals surface area contributed by atoms with E-state index < -0.39 is 0 Å². The van der Waals surface area contributed by atoms with E-state index in [0.717, 1.165) is 48.8 Å². The van der Waals surface area contributed by atoms with Crippen LogP contribution < -0.4 is 5.32 Å². The molecule has 0 atom stereocenters. The summed E-state index contributed by atoms with van der Waals surface area (Å²) < 4.78 is 2.21. The van der Waals surface area contributed by atoms with E-state index in [-0.39, 0.29) is 11.3 Å². The maximum Gasteiger partial charge on any atom is 0.230 e. The van der Waals surface area contributed by atoms with E-state index in [4.69, 9.17) is 0 Å². The molecular formula is C20H28N4OS. The van der Waals surface area contributed by atoms with Crippen LogP contribution in [0.4, 0.5) is 0 Å². The fraction of sp³-hybridized carbons (Fsp3) is 0.550. The summed E-state index contributed by atoms with van der Waals surface area (Å²) in [6.07, 6.45) is 5.63. The number of hydrogen-bond acceptors (Lipinski definition) is 4. The summed E-state index contributed by atoms with van der Waals surface area (Å²) in [5.74, 6) is 1.73. The molecule has 1 saturated carbocycles. The number of carbonyl (C=O) groups is 1. The molecule has 1 heterocycles. The van der Waals surface area contributed by atoms with Gasteiger partial charge in [-0.25, -0.2) is 0 Å². The summed E-state index contributed by atoms with van der Waals surface area (Å²) >= 11 is 1.63. The van der Waals surface area contributed by atoms with Crippen LogP contribution in [-0.4, -0.2) is 33.5 Å². The molecule has 1 aromatic heterocycles. The highest BCUT2D eigenvalue weighted by Crippen LogP contribution is 2.48. The van der Waals surface area contributed by atoms with E-state index in [1.54, 1.807) is 11.8 Å². The topological polar surface area (TPSA) is 59.8 Å². The molecule has 0 spiro atoms. The van der Waals surface area contributed by atoms with E-state index in [0.29, 0.717) is 12.5 Å². The Balaban J connectivity index is 1.52. The van der Waals surface area contributed by atoms with Crippen molar-refractivity contribution in [3.63, 3.8) is 0 Å². The molecule has 0 unspecified atom stereocenters. The second-order valence-corrected chi connectivity index (χ2v) is 8.19. The number of aromatic nitrogens is 3. The smallest absolute Gasteiger partial charge is 0.230 e. The molecule has 3 rings (SSSR count). The molecule has 0 bridgehead atoms. The molecule has 0 saturated heterocycles. The fourth-order valence-corrected chi connectivity index (χ4v) is 3.87. The van der Waals surface area contributed by atoms with E-state index in [9.17, 15) is 4.79 Å². The van der Waals surface area contributed by atoms with E-state index in [1.807, 2.05) is 24.5 Å². The lowest BCUT2D eigenvalue weighted by molar-refractivity contribution is -0.123. The van der Waals surface area contributed by atoms with Crippen molar-refractivity contribution < 1.29 is 4.79 Å². The molecule has 0 radical (unpaired) electrons. The number of rotatable bonds is 9. The lowest BCUT2D eigenvalue weighted by Gasteiger charge is -2.16. The Morgan fingerprint density at radius 1 is 1.27 bits per heavy atom. The van der Waals surface area contributed by atoms with E-state index >= 15 is 0 Å². The van der Waals surface area contributed by atoms with Gasteiger partial charge >= 0.3 is 0 Å². The van der Waals surface area contributed by atoms with Crippen molar-refractivity contribution in [2.75, 3.05) is 12.8 Å². The minimum atomic E-state index is -0.287. The Bertz CT molecular complexity index is 738. The lowest BCUT2D eigenvalue weighted by atomic mass is 9.95. The van der Waals surface area contributed by atoms with Gasteiger partial charge in [0.2, 0.25) is 5.91 Å². The van der Waals surface area contributed by atoms with Gasteiger partial charge in [-0.15, -0.1) is 10.2 Å². The quantitative estimate of drug-likeness (QED) is 0.541. The molecule has 26 heavy (non-hydrogen) atoms. The van der Waals surface area contributed by atoms with Crippen molar-refractivity contribution in [3.8, 4) is 0 Å². The summed E-state index contributed by atoms with van der Waals surface area (Å²) in [5.41, 5.74) is 0.851. The van der Waals surface area contributed by atoms with Crippen molar-refractivity contribution in [2.45, 2.75) is 56.6 Å². The van der Waals surface area contributed by atoms with Crippen LogP contribution in [0.15, 0.2) is 35.5 Å². The Morgan fingerprint density at radius 2 is 2.00 bits per heavy atom. The van der Waals surface area contributed by atoms with Crippen molar-refractivity contribution in [2.24, 2.45) is 5.92 Å². The third-order valence-electron chi connectivity index (χ3n) is 4.90. The molecule has 140 valence electrons. The SMILES string of the molecule is CSc1nnc(CCCNC(=O)C2(c3ccccc3)CC2)n1CC(C)C. The molecule has 1 aromatic carbocycles. The predicted octanol–water partition coefficient (Wildman–Crippen LogP) is 3.44. The normalized spacial score (nSPS) is 15.2. The van der Waals surface area contributed by atoms with Crippen LogP contribution in [0.25, 0.3) is 0 Å². The van der Waals surface area contributed by atoms with Crippen molar-refractivity contribution in [1.29, 1.82) is 0 Å². The van der Waals surface area contributed by atoms with Gasteiger partial charge in [0.25, 0.3) is 0 Å². The number of hydrogen-bond donors (Lipinski definition) is 1. The summed E-state index contributed by atoms with van der Waals surface area (Å²) in [6, 6.07) is 10.1. The zero-order chi connectivity index (χ0) is 18.6. The first kappa shape index (κ1) is 19.0. The Morgan fingerprint density at radius 3 is 2.62 bits per heavy atom. The maximum atomic E-state index is 12.7. The van der Waals surface area contributed by atoms with Gasteiger partial charge in [-0.1, -0.05) is 55.9 Å². The number of thioether (sulfide) groups is 1. The number of amides is 1. The lowest BCUT2D eigenvalue weighted by Crippen LogP contribution is -2.35. The molecule has 2 aromatic rings. The van der Waals surface area contributed by atoms with Crippen LogP contribution in [-0.2, 0) is 23.2 Å². The third-order valence-corrected chi connectivity index (χ3v) is 5.56. The van der Waals surface area contributed by atoms with Gasteiger partial charge in [0.1, 0.15) is 5.82 Å². The van der Waals surface area contributed by atoms with Gasteiger partial charge in [0.15, 0.2) is 5.16 Å². The maximum absolute atomic E-state index is 12.7. The van der Waals surface area contributed by atoms with Crippen LogP contribution in [0.3, 0.4) is 0 Å². The van der Waals surface area contributed by atoms with Crippen molar-refractivity contribution in [3.05, 3.63) is 41.7 Å². The highest BCUT2D eigenvalue weighted by atomic mass is 32.2. The molecule has 0 aliphatic heterocycles. The Kier molecular flexibility index (Phi) is 6.01. The van der Waals surface area contributed by atoms with E-state index in [2.05, 4.69) is 46.1 Å². The zero-order valence-electron chi connectivity index (χ0n) is 15.9. The number of nitrogens with one attached hydrogen (secondary N) is 1. The number of aryl methyl sites for hydroxylation is 1. The minimum Gasteiger partial charge on any atom is -0.355 e. The number of benzene rings is 1. The molecule has 5 nitrogen and oxygen atoms in total. The average molecular weight is 373 g/mol. The summed E-state index contributed by atoms with van der Waals surface area (Å²) in [6.45, 7) is 6.01. The van der Waals surface area contributed by atoms with E-state index in [1.165, 1.54) is 0 Å². The van der Waals surface area contributed by atoms with Crippen molar-refractivity contribution >= 4 is 17.7 Å². The van der Waals surface area contributed by atoms with Gasteiger partial charge in [-0.3, -0.25) is 4.79 Å². The fourth-order valence-electron chi connectivity index (χ4n) is 3.35. The molecule has 6 heteroatoms. The first-order chi connectivity index (χ1) is 12.6. The minimum absolute atomic E-state index is 0.164. The Hall–Kier alpha value is -1.82. The molecule has 1 fully saturated rings. The second-order valence-electron chi connectivity index (χ2n) is 7.41. The highest BCUT2D eigenvalue weighted by Gasteiger charge is 2.50. The largest absolute Gasteiger partial charge is 0.355 e. The van der Waals surface area contributed by atoms with Crippen molar-refractivity contribution in [1.82, 2.24) is 20.1 Å². The van der Waals surface area contributed by atoms with Crippen LogP contribution >= 0.6 is 11.8 Å². The van der Waals surface area contributed by atoms with Gasteiger partial charge in [0.05, 0.1) is 5.41 Å². The summed E-state index contributed by atoms with van der Waals surface area (Å²) in [5, 5.41) is 12.7. The highest BCUT2D eigenvalue weighted by molar-refractivity contribution is 7.98. The van der Waals surface area contributed by atoms with Gasteiger partial charge < -0.3 is 9.88 Å².